The Balaban J connectivity index is 1.27. The number of hydrogen-bond acceptors (Lipinski definition) is 6. The zero-order valence-corrected chi connectivity index (χ0v) is 19.8. The molecule has 34 heavy (non-hydrogen) atoms. The van der Waals surface area contributed by atoms with Crippen LogP contribution in [-0.4, -0.2) is 65.7 Å². The Labute approximate surface area is 200 Å². The highest BCUT2D eigenvalue weighted by molar-refractivity contribution is 5.92. The normalized spacial score (nSPS) is 17.3. The zero-order valence-electron chi connectivity index (χ0n) is 19.8. The molecule has 1 aliphatic carbocycles. The molecule has 1 fully saturated rings. The second-order valence-electron chi connectivity index (χ2n) is 9.00. The van der Waals surface area contributed by atoms with Crippen LogP contribution in [-0.2, 0) is 6.42 Å². The molecule has 1 aromatic carbocycles. The number of benzene rings is 1. The number of nitrogens with one attached hydrogen (secondary N) is 1. The molecule has 8 nitrogen and oxygen atoms in total. The van der Waals surface area contributed by atoms with Crippen LogP contribution in [0.5, 0.6) is 0 Å². The lowest BCUT2D eigenvalue weighted by Gasteiger charge is -2.40. The van der Waals surface area contributed by atoms with Gasteiger partial charge < -0.3 is 20.0 Å². The lowest BCUT2D eigenvalue weighted by Crippen LogP contribution is -2.55. The van der Waals surface area contributed by atoms with Gasteiger partial charge in [-0.25, -0.2) is 14.8 Å². The number of rotatable bonds is 4. The van der Waals surface area contributed by atoms with Crippen LogP contribution in [0.2, 0.25) is 0 Å². The molecule has 0 bridgehead atoms. The molecule has 2 amide bonds. The Kier molecular flexibility index (Phi) is 5.88. The standard InChI is InChI=1S/C26H29N7O/c1-18-16-32(12-13-33(18)26(34)30-21-4-6-22(7-5-21)31(2)3)25-23-14-20(15-24(23)28-17-29-25)19-8-10-27-11-9-19/h4-11,14,17-18H,12-13,15-16H2,1-3H3,(H,30,34)/t18-/m0/s1. The van der Waals surface area contributed by atoms with Crippen molar-refractivity contribution in [3.05, 3.63) is 71.9 Å². The summed E-state index contributed by atoms with van der Waals surface area (Å²) in [6.07, 6.45) is 8.27. The first-order valence-electron chi connectivity index (χ1n) is 11.5. The number of fused-ring (bicyclic) bond motifs is 1. The molecule has 1 saturated heterocycles. The molecule has 174 valence electrons. The predicted molar refractivity (Wildman–Crippen MR) is 136 cm³/mol. The molecular weight excluding hydrogens is 426 g/mol. The minimum Gasteiger partial charge on any atom is -0.378 e. The van der Waals surface area contributed by atoms with Gasteiger partial charge in [-0.2, -0.15) is 0 Å². The summed E-state index contributed by atoms with van der Waals surface area (Å²) in [4.78, 5) is 32.5. The van der Waals surface area contributed by atoms with Crippen LogP contribution in [0.3, 0.4) is 0 Å². The smallest absolute Gasteiger partial charge is 0.322 e. The van der Waals surface area contributed by atoms with Crippen molar-refractivity contribution in [2.75, 3.05) is 48.8 Å². The largest absolute Gasteiger partial charge is 0.378 e. The minimum atomic E-state index is -0.0717. The van der Waals surface area contributed by atoms with E-state index in [9.17, 15) is 4.79 Å². The summed E-state index contributed by atoms with van der Waals surface area (Å²) in [5, 5.41) is 3.04. The maximum absolute atomic E-state index is 13.0. The highest BCUT2D eigenvalue weighted by Gasteiger charge is 2.30. The first-order chi connectivity index (χ1) is 16.5. The van der Waals surface area contributed by atoms with E-state index >= 15 is 0 Å². The lowest BCUT2D eigenvalue weighted by molar-refractivity contribution is 0.184. The molecule has 1 N–H and O–H groups in total. The van der Waals surface area contributed by atoms with Crippen molar-refractivity contribution in [3.8, 4) is 0 Å². The summed E-state index contributed by atoms with van der Waals surface area (Å²) in [5.74, 6) is 0.945. The van der Waals surface area contributed by atoms with Crippen LogP contribution < -0.4 is 15.1 Å². The lowest BCUT2D eigenvalue weighted by atomic mass is 10.1. The van der Waals surface area contributed by atoms with Crippen LogP contribution in [0, 0.1) is 0 Å². The second kappa shape index (κ2) is 9.13. The first-order valence-corrected chi connectivity index (χ1v) is 11.5. The van der Waals surface area contributed by atoms with Gasteiger partial charge in [-0.15, -0.1) is 0 Å². The van der Waals surface area contributed by atoms with Gasteiger partial charge in [0, 0.05) is 75.5 Å². The third-order valence-corrected chi connectivity index (χ3v) is 6.50. The molecule has 3 heterocycles. The van der Waals surface area contributed by atoms with Crippen molar-refractivity contribution in [2.45, 2.75) is 19.4 Å². The van der Waals surface area contributed by atoms with Gasteiger partial charge >= 0.3 is 6.03 Å². The quantitative estimate of drug-likeness (QED) is 0.645. The fourth-order valence-electron chi connectivity index (χ4n) is 4.61. The van der Waals surface area contributed by atoms with Gasteiger partial charge in [-0.1, -0.05) is 0 Å². The Hall–Kier alpha value is -3.94. The number of amides is 2. The van der Waals surface area contributed by atoms with Gasteiger partial charge in [0.05, 0.1) is 5.69 Å². The first kappa shape index (κ1) is 21.9. The van der Waals surface area contributed by atoms with E-state index in [0.29, 0.717) is 6.54 Å². The summed E-state index contributed by atoms with van der Waals surface area (Å²) in [6, 6.07) is 11.9. The van der Waals surface area contributed by atoms with Crippen LogP contribution in [0.15, 0.2) is 55.1 Å². The number of urea groups is 1. The average molecular weight is 456 g/mol. The highest BCUT2D eigenvalue weighted by Crippen LogP contribution is 2.35. The van der Waals surface area contributed by atoms with E-state index in [1.807, 2.05) is 72.7 Å². The maximum Gasteiger partial charge on any atom is 0.322 e. The molecule has 1 atom stereocenters. The number of allylic oxidation sites excluding steroid dienone is 1. The Morgan fingerprint density at radius 1 is 1.06 bits per heavy atom. The number of carbonyl (C=O) groups is 1. The fourth-order valence-corrected chi connectivity index (χ4v) is 4.61. The van der Waals surface area contributed by atoms with Gasteiger partial charge in [-0.3, -0.25) is 4.98 Å². The van der Waals surface area contributed by atoms with Crippen LogP contribution in [0.1, 0.15) is 23.7 Å². The maximum atomic E-state index is 13.0. The molecule has 0 saturated carbocycles. The summed E-state index contributed by atoms with van der Waals surface area (Å²) in [7, 11) is 4.00. The highest BCUT2D eigenvalue weighted by atomic mass is 16.2. The van der Waals surface area contributed by atoms with Crippen molar-refractivity contribution in [3.63, 3.8) is 0 Å². The molecule has 1 aliphatic heterocycles. The van der Waals surface area contributed by atoms with E-state index in [2.05, 4.69) is 38.2 Å². The Morgan fingerprint density at radius 2 is 1.82 bits per heavy atom. The van der Waals surface area contributed by atoms with Crippen molar-refractivity contribution in [1.82, 2.24) is 19.9 Å². The van der Waals surface area contributed by atoms with Crippen molar-refractivity contribution >= 4 is 34.9 Å². The summed E-state index contributed by atoms with van der Waals surface area (Å²) in [6.45, 7) is 4.15. The zero-order chi connectivity index (χ0) is 23.7. The van der Waals surface area contributed by atoms with Crippen LogP contribution >= 0.6 is 0 Å². The number of carbonyl (C=O) groups excluding carboxylic acids is 1. The molecule has 3 aromatic rings. The molecule has 5 rings (SSSR count). The van der Waals surface area contributed by atoms with Gasteiger partial charge in [0.15, 0.2) is 0 Å². The van der Waals surface area contributed by atoms with Crippen LogP contribution in [0.25, 0.3) is 11.6 Å². The molecule has 0 spiro atoms. The number of pyridine rings is 1. The van der Waals surface area contributed by atoms with Gasteiger partial charge in [0.1, 0.15) is 12.1 Å². The summed E-state index contributed by atoms with van der Waals surface area (Å²) >= 11 is 0. The Bertz CT molecular complexity index is 1210. The van der Waals surface area contributed by atoms with E-state index in [1.54, 1.807) is 6.33 Å². The molecule has 2 aromatic heterocycles. The van der Waals surface area contributed by atoms with Gasteiger partial charge in [-0.05, 0) is 60.5 Å². The van der Waals surface area contributed by atoms with E-state index in [4.69, 9.17) is 0 Å². The molecule has 0 radical (unpaired) electrons. The van der Waals surface area contributed by atoms with E-state index < -0.39 is 0 Å². The third kappa shape index (κ3) is 4.31. The number of aromatic nitrogens is 3. The summed E-state index contributed by atoms with van der Waals surface area (Å²) < 4.78 is 0. The van der Waals surface area contributed by atoms with Gasteiger partial charge in [0.25, 0.3) is 0 Å². The molecular formula is C26H29N7O. The molecule has 0 unspecified atom stereocenters. The van der Waals surface area contributed by atoms with Crippen LogP contribution in [0.4, 0.5) is 22.0 Å². The van der Waals surface area contributed by atoms with Crippen molar-refractivity contribution < 1.29 is 4.79 Å². The van der Waals surface area contributed by atoms with E-state index in [1.165, 1.54) is 5.57 Å². The number of hydrogen-bond donors (Lipinski definition) is 1. The van der Waals surface area contributed by atoms with Gasteiger partial charge in [0.2, 0.25) is 0 Å². The molecule has 2 aliphatic rings. The van der Waals surface area contributed by atoms with Crippen molar-refractivity contribution in [2.24, 2.45) is 0 Å². The monoisotopic (exact) mass is 455 g/mol. The predicted octanol–water partition coefficient (Wildman–Crippen LogP) is 3.78. The Morgan fingerprint density at radius 3 is 2.53 bits per heavy atom. The summed E-state index contributed by atoms with van der Waals surface area (Å²) in [5.41, 5.74) is 6.41. The van der Waals surface area contributed by atoms with Crippen molar-refractivity contribution in [1.29, 1.82) is 0 Å². The van der Waals surface area contributed by atoms with E-state index in [-0.39, 0.29) is 12.1 Å². The van der Waals surface area contributed by atoms with E-state index in [0.717, 1.165) is 53.5 Å². The number of piperazine rings is 1. The minimum absolute atomic E-state index is 0.0467. The topological polar surface area (TPSA) is 77.5 Å². The fraction of sp³-hybridized carbons (Fsp3) is 0.308. The SMILES string of the molecule is C[C@H]1CN(c2ncnc3c2C=C(c2ccncc2)C3)CCN1C(=O)Nc1ccc(N(C)C)cc1. The number of nitrogens with zero attached hydrogens (tertiary/aromatic N) is 6. The average Bonchev–Trinajstić information content (AvgIpc) is 3.29. The molecule has 8 heteroatoms. The number of anilines is 3. The second-order valence-corrected chi connectivity index (χ2v) is 9.00. The third-order valence-electron chi connectivity index (χ3n) is 6.50.